The number of carbonyl (C=O) groups excluding carboxylic acids is 1. The number of halogens is 4. The molecule has 1 amide bonds. The van der Waals surface area contributed by atoms with Crippen LogP contribution in [0.4, 0.5) is 23.4 Å². The van der Waals surface area contributed by atoms with Gasteiger partial charge in [0.15, 0.2) is 17.5 Å². The fourth-order valence-electron chi connectivity index (χ4n) is 2.47. The van der Waals surface area contributed by atoms with Gasteiger partial charge in [0.05, 0.1) is 6.20 Å². The van der Waals surface area contributed by atoms with Crippen molar-refractivity contribution in [3.05, 3.63) is 30.7 Å². The van der Waals surface area contributed by atoms with Crippen LogP contribution in [-0.2, 0) is 4.79 Å². The molecule has 3 aromatic heterocycles. The summed E-state index contributed by atoms with van der Waals surface area (Å²) >= 11 is 0. The van der Waals surface area contributed by atoms with Crippen molar-refractivity contribution in [2.75, 3.05) is 11.9 Å². The van der Waals surface area contributed by atoms with E-state index in [1.807, 2.05) is 0 Å². The third-order valence-corrected chi connectivity index (χ3v) is 3.84. The number of anilines is 1. The minimum Gasteiger partial charge on any atom is -0.356 e. The van der Waals surface area contributed by atoms with Gasteiger partial charge in [-0.15, -0.1) is 0 Å². The lowest BCUT2D eigenvalue weighted by molar-refractivity contribution is -0.138. The van der Waals surface area contributed by atoms with Gasteiger partial charge in [-0.05, 0) is 6.42 Å². The van der Waals surface area contributed by atoms with E-state index < -0.39 is 30.5 Å². The maximum Gasteiger partial charge on any atom is 0.405 e. The van der Waals surface area contributed by atoms with E-state index >= 15 is 0 Å². The van der Waals surface area contributed by atoms with E-state index in [0.717, 1.165) is 6.20 Å². The smallest absolute Gasteiger partial charge is 0.356 e. The molecule has 0 fully saturated rings. The average Bonchev–Trinajstić information content (AvgIpc) is 3.09. The summed E-state index contributed by atoms with van der Waals surface area (Å²) in [7, 11) is 0. The minimum absolute atomic E-state index is 0.114. The first-order valence-corrected chi connectivity index (χ1v) is 8.19. The maximum atomic E-state index is 14.1. The van der Waals surface area contributed by atoms with Crippen molar-refractivity contribution in [3.63, 3.8) is 0 Å². The molecule has 28 heavy (non-hydrogen) atoms. The van der Waals surface area contributed by atoms with Crippen LogP contribution >= 0.6 is 0 Å². The monoisotopic (exact) mass is 397 g/mol. The number of carbonyl (C=O) groups is 1. The zero-order valence-corrected chi connectivity index (χ0v) is 14.5. The van der Waals surface area contributed by atoms with Gasteiger partial charge >= 0.3 is 6.18 Å². The summed E-state index contributed by atoms with van der Waals surface area (Å²) in [6, 6.07) is -1.11. The van der Waals surface area contributed by atoms with Gasteiger partial charge in [0, 0.05) is 23.3 Å². The molecule has 3 heterocycles. The number of rotatable bonds is 6. The van der Waals surface area contributed by atoms with Gasteiger partial charge in [0.25, 0.3) is 0 Å². The summed E-state index contributed by atoms with van der Waals surface area (Å²) < 4.78 is 51.0. The average molecular weight is 397 g/mol. The first kappa shape index (κ1) is 19.5. The summed E-state index contributed by atoms with van der Waals surface area (Å²) in [6.45, 7) is 0.0959. The van der Waals surface area contributed by atoms with Crippen molar-refractivity contribution in [1.29, 1.82) is 0 Å². The second kappa shape index (κ2) is 7.74. The molecule has 0 aliphatic carbocycles. The van der Waals surface area contributed by atoms with Gasteiger partial charge in [-0.1, -0.05) is 6.92 Å². The molecule has 148 valence electrons. The number of nitrogens with zero attached hydrogens (tertiary/aromatic N) is 4. The van der Waals surface area contributed by atoms with E-state index in [1.165, 1.54) is 12.5 Å². The van der Waals surface area contributed by atoms with Crippen LogP contribution in [0.25, 0.3) is 22.4 Å². The topological polar surface area (TPSA) is 108 Å². The van der Waals surface area contributed by atoms with E-state index in [0.29, 0.717) is 16.6 Å². The van der Waals surface area contributed by atoms with Crippen LogP contribution < -0.4 is 10.6 Å². The normalized spacial score (nSPS) is 12.8. The Morgan fingerprint density at radius 3 is 2.79 bits per heavy atom. The molecular weight excluding hydrogens is 382 g/mol. The molecule has 0 bridgehead atoms. The van der Waals surface area contributed by atoms with E-state index in [4.69, 9.17) is 0 Å². The van der Waals surface area contributed by atoms with Crippen molar-refractivity contribution < 1.29 is 22.4 Å². The fourth-order valence-corrected chi connectivity index (χ4v) is 2.47. The highest BCUT2D eigenvalue weighted by Gasteiger charge is 2.29. The van der Waals surface area contributed by atoms with Crippen molar-refractivity contribution in [3.8, 4) is 11.4 Å². The number of aromatic nitrogens is 5. The lowest BCUT2D eigenvalue weighted by Crippen LogP contribution is -2.43. The largest absolute Gasteiger partial charge is 0.405 e. The molecule has 8 nitrogen and oxygen atoms in total. The molecule has 3 aromatic rings. The third-order valence-electron chi connectivity index (χ3n) is 3.84. The molecule has 0 saturated heterocycles. The summed E-state index contributed by atoms with van der Waals surface area (Å²) in [4.78, 5) is 30.8. The highest BCUT2D eigenvalue weighted by atomic mass is 19.4. The number of nitrogens with one attached hydrogen (secondary N) is 3. The molecule has 12 heteroatoms. The van der Waals surface area contributed by atoms with E-state index in [9.17, 15) is 22.4 Å². The Balaban J connectivity index is 1.84. The van der Waals surface area contributed by atoms with Crippen LogP contribution in [0.2, 0.25) is 0 Å². The lowest BCUT2D eigenvalue weighted by atomic mass is 10.2. The van der Waals surface area contributed by atoms with Gasteiger partial charge in [0.2, 0.25) is 5.91 Å². The SMILES string of the molecule is CC[C@H](Nc1nc(-c2c[nH]c3ncncc23)ncc1F)C(=O)NCC(F)(F)F. The van der Waals surface area contributed by atoms with Crippen LogP contribution in [0.1, 0.15) is 13.3 Å². The molecule has 3 N–H and O–H groups in total. The fraction of sp³-hybridized carbons (Fsp3) is 0.312. The lowest BCUT2D eigenvalue weighted by Gasteiger charge is -2.18. The Morgan fingerprint density at radius 2 is 2.07 bits per heavy atom. The molecule has 0 saturated carbocycles. The zero-order valence-electron chi connectivity index (χ0n) is 14.5. The molecule has 1 atom stereocenters. The molecule has 0 aliphatic heterocycles. The van der Waals surface area contributed by atoms with Crippen molar-refractivity contribution in [2.45, 2.75) is 25.6 Å². The van der Waals surface area contributed by atoms with Crippen molar-refractivity contribution in [2.24, 2.45) is 0 Å². The molecule has 0 radical (unpaired) electrons. The Kier molecular flexibility index (Phi) is 5.38. The van der Waals surface area contributed by atoms with Crippen molar-refractivity contribution in [1.82, 2.24) is 30.2 Å². The number of hydrogen-bond donors (Lipinski definition) is 3. The van der Waals surface area contributed by atoms with Crippen LogP contribution in [-0.4, -0.2) is 49.6 Å². The van der Waals surface area contributed by atoms with E-state index in [1.54, 1.807) is 18.4 Å². The first-order chi connectivity index (χ1) is 13.3. The van der Waals surface area contributed by atoms with Crippen LogP contribution in [0.3, 0.4) is 0 Å². The third kappa shape index (κ3) is 4.32. The van der Waals surface area contributed by atoms with E-state index in [-0.39, 0.29) is 18.1 Å². The second-order valence-corrected chi connectivity index (χ2v) is 5.82. The molecule has 0 aromatic carbocycles. The minimum atomic E-state index is -4.54. The van der Waals surface area contributed by atoms with Crippen molar-refractivity contribution >= 4 is 22.8 Å². The molecule has 0 spiro atoms. The number of fused-ring (bicyclic) bond motifs is 1. The van der Waals surface area contributed by atoms with Gasteiger partial charge < -0.3 is 15.6 Å². The molecule has 0 unspecified atom stereocenters. The number of aromatic amines is 1. The standard InChI is InChI=1S/C16H15F4N7O/c1-2-11(15(28)24-6-16(18,19)20)26-14-10(17)5-23-13(27-14)9-4-22-12-8(9)3-21-7-25-12/h3-5,7,11H,2,6H2,1H3,(H,24,28)(H,21,22,25)(H,23,26,27)/t11-/m0/s1. The summed E-state index contributed by atoms with van der Waals surface area (Å²) in [5, 5.41) is 4.91. The van der Waals surface area contributed by atoms with Gasteiger partial charge in [-0.25, -0.2) is 24.3 Å². The summed E-state index contributed by atoms with van der Waals surface area (Å²) in [5.41, 5.74) is 1.04. The number of hydrogen-bond acceptors (Lipinski definition) is 6. The van der Waals surface area contributed by atoms with Gasteiger partial charge in [-0.2, -0.15) is 13.2 Å². The Morgan fingerprint density at radius 1 is 1.29 bits per heavy atom. The van der Waals surface area contributed by atoms with Crippen LogP contribution in [0.5, 0.6) is 0 Å². The number of H-pyrrole nitrogens is 1. The Hall–Kier alpha value is -3.31. The van der Waals surface area contributed by atoms with E-state index in [2.05, 4.69) is 30.2 Å². The van der Waals surface area contributed by atoms with Crippen LogP contribution in [0.15, 0.2) is 24.9 Å². The molecular formula is C16H15F4N7O. The predicted molar refractivity (Wildman–Crippen MR) is 91.6 cm³/mol. The highest BCUT2D eigenvalue weighted by Crippen LogP contribution is 2.25. The first-order valence-electron chi connectivity index (χ1n) is 8.19. The summed E-state index contributed by atoms with van der Waals surface area (Å²) in [6.07, 6.45) is 0.944. The Labute approximate surface area is 155 Å². The Bertz CT molecular complexity index is 989. The molecule has 0 aliphatic rings. The quantitative estimate of drug-likeness (QED) is 0.552. The number of alkyl halides is 3. The second-order valence-electron chi connectivity index (χ2n) is 5.82. The van der Waals surface area contributed by atoms with Gasteiger partial charge in [-0.3, -0.25) is 4.79 Å². The summed E-state index contributed by atoms with van der Waals surface area (Å²) in [5.74, 6) is -1.93. The highest BCUT2D eigenvalue weighted by molar-refractivity contribution is 5.91. The predicted octanol–water partition coefficient (Wildman–Crippen LogP) is 2.42. The van der Waals surface area contributed by atoms with Crippen LogP contribution in [0, 0.1) is 5.82 Å². The van der Waals surface area contributed by atoms with Gasteiger partial charge in [0.1, 0.15) is 24.6 Å². The number of amides is 1. The zero-order chi connectivity index (χ0) is 20.3. The molecule has 3 rings (SSSR count). The maximum absolute atomic E-state index is 14.1.